The van der Waals surface area contributed by atoms with Gasteiger partial charge in [-0.25, -0.2) is 0 Å². The monoisotopic (exact) mass is 254 g/mol. The number of piperidine rings is 1. The molecule has 2 saturated heterocycles. The second-order valence-corrected chi connectivity index (χ2v) is 6.56. The first-order valence-corrected chi connectivity index (χ1v) is 7.62. The van der Waals surface area contributed by atoms with E-state index in [-0.39, 0.29) is 5.60 Å². The van der Waals surface area contributed by atoms with Gasteiger partial charge in [0.2, 0.25) is 0 Å². The van der Waals surface area contributed by atoms with E-state index in [9.17, 15) is 0 Å². The van der Waals surface area contributed by atoms with Gasteiger partial charge in [0, 0.05) is 24.7 Å². The number of nitrogens with one attached hydrogen (secondary N) is 1. The van der Waals surface area contributed by atoms with Crippen LogP contribution in [0.25, 0.3) is 0 Å². The normalized spacial score (nSPS) is 43.0. The van der Waals surface area contributed by atoms with Crippen molar-refractivity contribution in [3.63, 3.8) is 0 Å². The van der Waals surface area contributed by atoms with Crippen molar-refractivity contribution in [1.29, 1.82) is 0 Å². The van der Waals surface area contributed by atoms with Gasteiger partial charge in [-0.05, 0) is 59.5 Å². The molecule has 4 atom stereocenters. The summed E-state index contributed by atoms with van der Waals surface area (Å²) in [5.41, 5.74) is 0.104. The van der Waals surface area contributed by atoms with Crippen molar-refractivity contribution in [2.75, 3.05) is 20.2 Å². The standard InChI is InChI=1S/C15H30N2O/c1-5-15(3)11-14(7-9-18-15)16-13-6-8-17(4)12(2)10-13/h12-14,16H,5-11H2,1-4H3. The molecule has 2 aliphatic rings. The Balaban J connectivity index is 1.82. The molecule has 0 bridgehead atoms. The SMILES string of the molecule is CCC1(C)CC(NC2CCN(C)C(C)C2)CCO1. The average Bonchev–Trinajstić information content (AvgIpc) is 2.34. The van der Waals surface area contributed by atoms with E-state index in [0.29, 0.717) is 18.1 Å². The fourth-order valence-electron chi connectivity index (χ4n) is 3.29. The minimum Gasteiger partial charge on any atom is -0.375 e. The van der Waals surface area contributed by atoms with Crippen LogP contribution in [0.5, 0.6) is 0 Å². The zero-order valence-electron chi connectivity index (χ0n) is 12.5. The topological polar surface area (TPSA) is 24.5 Å². The molecule has 0 aliphatic carbocycles. The Morgan fingerprint density at radius 1 is 1.33 bits per heavy atom. The molecule has 1 N–H and O–H groups in total. The van der Waals surface area contributed by atoms with Gasteiger partial charge in [0.1, 0.15) is 0 Å². The highest BCUT2D eigenvalue weighted by Gasteiger charge is 2.33. The zero-order chi connectivity index (χ0) is 13.2. The van der Waals surface area contributed by atoms with Gasteiger partial charge in [-0.2, -0.15) is 0 Å². The van der Waals surface area contributed by atoms with E-state index in [1.165, 1.54) is 32.2 Å². The lowest BCUT2D eigenvalue weighted by atomic mass is 9.88. The fourth-order valence-corrected chi connectivity index (χ4v) is 3.29. The van der Waals surface area contributed by atoms with E-state index in [2.05, 4.69) is 38.0 Å². The van der Waals surface area contributed by atoms with Crippen LogP contribution in [0, 0.1) is 0 Å². The third-order valence-electron chi connectivity index (χ3n) is 5.02. The van der Waals surface area contributed by atoms with Gasteiger partial charge in [-0.1, -0.05) is 6.92 Å². The molecule has 2 rings (SSSR count). The Hall–Kier alpha value is -0.120. The molecule has 18 heavy (non-hydrogen) atoms. The number of rotatable bonds is 3. The molecule has 0 amide bonds. The Labute approximate surface area is 112 Å². The first-order chi connectivity index (χ1) is 8.52. The van der Waals surface area contributed by atoms with Crippen molar-refractivity contribution < 1.29 is 4.74 Å². The van der Waals surface area contributed by atoms with Crippen molar-refractivity contribution in [3.05, 3.63) is 0 Å². The van der Waals surface area contributed by atoms with Crippen molar-refractivity contribution >= 4 is 0 Å². The minimum atomic E-state index is 0.104. The maximum Gasteiger partial charge on any atom is 0.0666 e. The van der Waals surface area contributed by atoms with Crippen molar-refractivity contribution in [2.45, 2.75) is 76.6 Å². The molecule has 0 aromatic rings. The van der Waals surface area contributed by atoms with E-state index >= 15 is 0 Å². The van der Waals surface area contributed by atoms with Crippen molar-refractivity contribution in [2.24, 2.45) is 0 Å². The second kappa shape index (κ2) is 5.89. The summed E-state index contributed by atoms with van der Waals surface area (Å²) in [5, 5.41) is 3.89. The Morgan fingerprint density at radius 3 is 2.78 bits per heavy atom. The van der Waals surface area contributed by atoms with Crippen LogP contribution in [0.4, 0.5) is 0 Å². The lowest BCUT2D eigenvalue weighted by Crippen LogP contribution is -2.52. The largest absolute Gasteiger partial charge is 0.375 e. The van der Waals surface area contributed by atoms with Crippen LogP contribution in [0.2, 0.25) is 0 Å². The summed E-state index contributed by atoms with van der Waals surface area (Å²) in [7, 11) is 2.24. The smallest absolute Gasteiger partial charge is 0.0666 e. The highest BCUT2D eigenvalue weighted by Crippen LogP contribution is 2.28. The second-order valence-electron chi connectivity index (χ2n) is 6.56. The molecule has 0 aromatic heterocycles. The predicted octanol–water partition coefficient (Wildman–Crippen LogP) is 2.41. The average molecular weight is 254 g/mol. The lowest BCUT2D eigenvalue weighted by molar-refractivity contribution is -0.0799. The van der Waals surface area contributed by atoms with E-state index in [4.69, 9.17) is 4.74 Å². The molecule has 3 nitrogen and oxygen atoms in total. The summed E-state index contributed by atoms with van der Waals surface area (Å²) >= 11 is 0. The van der Waals surface area contributed by atoms with Crippen molar-refractivity contribution in [1.82, 2.24) is 10.2 Å². The predicted molar refractivity (Wildman–Crippen MR) is 75.9 cm³/mol. The Bertz CT molecular complexity index is 271. The van der Waals surface area contributed by atoms with Gasteiger partial charge in [0.05, 0.1) is 5.60 Å². The fraction of sp³-hybridized carbons (Fsp3) is 1.00. The van der Waals surface area contributed by atoms with Crippen LogP contribution in [0.15, 0.2) is 0 Å². The summed E-state index contributed by atoms with van der Waals surface area (Å²) in [6, 6.07) is 2.08. The molecule has 0 aromatic carbocycles. The van der Waals surface area contributed by atoms with Gasteiger partial charge in [-0.3, -0.25) is 0 Å². The molecular weight excluding hydrogens is 224 g/mol. The molecule has 2 fully saturated rings. The Kier molecular flexibility index (Phi) is 4.68. The molecule has 4 unspecified atom stereocenters. The highest BCUT2D eigenvalue weighted by atomic mass is 16.5. The van der Waals surface area contributed by atoms with Gasteiger partial charge in [0.15, 0.2) is 0 Å². The molecule has 0 saturated carbocycles. The van der Waals surface area contributed by atoms with Gasteiger partial charge < -0.3 is 15.0 Å². The van der Waals surface area contributed by atoms with Crippen LogP contribution in [-0.4, -0.2) is 48.8 Å². The number of hydrogen-bond donors (Lipinski definition) is 1. The first-order valence-electron chi connectivity index (χ1n) is 7.62. The maximum atomic E-state index is 5.92. The van der Waals surface area contributed by atoms with Crippen LogP contribution >= 0.6 is 0 Å². The third-order valence-corrected chi connectivity index (χ3v) is 5.02. The van der Waals surface area contributed by atoms with Gasteiger partial charge >= 0.3 is 0 Å². The maximum absolute atomic E-state index is 5.92. The van der Waals surface area contributed by atoms with E-state index in [1.54, 1.807) is 0 Å². The number of likely N-dealkylation sites (tertiary alicyclic amines) is 1. The number of ether oxygens (including phenoxy) is 1. The van der Waals surface area contributed by atoms with Crippen LogP contribution in [0.1, 0.15) is 52.9 Å². The van der Waals surface area contributed by atoms with Crippen LogP contribution in [0.3, 0.4) is 0 Å². The molecule has 0 radical (unpaired) electrons. The molecular formula is C15H30N2O. The molecule has 2 aliphatic heterocycles. The molecule has 2 heterocycles. The minimum absolute atomic E-state index is 0.104. The molecule has 0 spiro atoms. The summed E-state index contributed by atoms with van der Waals surface area (Å²) < 4.78 is 5.92. The summed E-state index contributed by atoms with van der Waals surface area (Å²) in [5.74, 6) is 0. The molecule has 3 heteroatoms. The van der Waals surface area contributed by atoms with E-state index < -0.39 is 0 Å². The zero-order valence-corrected chi connectivity index (χ0v) is 12.5. The van der Waals surface area contributed by atoms with E-state index in [1.807, 2.05) is 0 Å². The summed E-state index contributed by atoms with van der Waals surface area (Å²) in [4.78, 5) is 2.47. The van der Waals surface area contributed by atoms with Crippen LogP contribution < -0.4 is 5.32 Å². The van der Waals surface area contributed by atoms with Gasteiger partial charge in [-0.15, -0.1) is 0 Å². The summed E-state index contributed by atoms with van der Waals surface area (Å²) in [6.07, 6.45) is 6.05. The van der Waals surface area contributed by atoms with E-state index in [0.717, 1.165) is 13.0 Å². The third kappa shape index (κ3) is 3.46. The number of hydrogen-bond acceptors (Lipinski definition) is 3. The lowest BCUT2D eigenvalue weighted by Gasteiger charge is -2.42. The Morgan fingerprint density at radius 2 is 2.11 bits per heavy atom. The quantitative estimate of drug-likeness (QED) is 0.837. The van der Waals surface area contributed by atoms with Crippen molar-refractivity contribution in [3.8, 4) is 0 Å². The highest BCUT2D eigenvalue weighted by molar-refractivity contribution is 4.89. The first kappa shape index (κ1) is 14.3. The van der Waals surface area contributed by atoms with Gasteiger partial charge in [0.25, 0.3) is 0 Å². The summed E-state index contributed by atoms with van der Waals surface area (Å²) in [6.45, 7) is 8.99. The molecule has 106 valence electrons. The van der Waals surface area contributed by atoms with Crippen LogP contribution in [-0.2, 0) is 4.74 Å². The number of nitrogens with zero attached hydrogens (tertiary/aromatic N) is 1.